The molecule has 0 aliphatic carbocycles. The van der Waals surface area contributed by atoms with Gasteiger partial charge in [0.05, 0.1) is 6.04 Å². The summed E-state index contributed by atoms with van der Waals surface area (Å²) in [5.41, 5.74) is 6.82. The number of halogens is 3. The van der Waals surface area contributed by atoms with Crippen LogP contribution in [-0.4, -0.2) is 0 Å². The zero-order valence-electron chi connectivity index (χ0n) is 10.2. The van der Waals surface area contributed by atoms with Gasteiger partial charge in [-0.1, -0.05) is 6.07 Å². The predicted molar refractivity (Wildman–Crippen MR) is 68.6 cm³/mol. The Morgan fingerprint density at radius 1 is 0.900 bits per heavy atom. The van der Waals surface area contributed by atoms with Crippen molar-refractivity contribution in [3.05, 3.63) is 71.2 Å². The quantitative estimate of drug-likeness (QED) is 0.771. The van der Waals surface area contributed by atoms with Crippen molar-refractivity contribution in [2.75, 3.05) is 0 Å². The second-order valence-electron chi connectivity index (χ2n) is 4.48. The second-order valence-corrected chi connectivity index (χ2v) is 4.48. The van der Waals surface area contributed by atoms with E-state index in [1.54, 1.807) is 6.07 Å². The lowest BCUT2D eigenvalue weighted by Gasteiger charge is -2.09. The molecule has 0 bridgehead atoms. The second kappa shape index (κ2) is 4.68. The molecule has 1 unspecified atom stereocenters. The Labute approximate surface area is 112 Å². The molecule has 0 saturated carbocycles. The molecule has 20 heavy (non-hydrogen) atoms. The van der Waals surface area contributed by atoms with Gasteiger partial charge in [-0.25, -0.2) is 13.2 Å². The summed E-state index contributed by atoms with van der Waals surface area (Å²) in [4.78, 5) is 0. The van der Waals surface area contributed by atoms with Gasteiger partial charge < -0.3 is 10.2 Å². The topological polar surface area (TPSA) is 39.2 Å². The molecule has 0 aliphatic heterocycles. The SMILES string of the molecule is NC(c1ccc(F)c(F)c1)c1cc2cc(F)ccc2o1. The summed E-state index contributed by atoms with van der Waals surface area (Å²) in [5.74, 6) is -1.93. The van der Waals surface area contributed by atoms with Gasteiger partial charge in [-0.05, 0) is 42.0 Å². The van der Waals surface area contributed by atoms with Crippen LogP contribution in [0.2, 0.25) is 0 Å². The highest BCUT2D eigenvalue weighted by Crippen LogP contribution is 2.27. The highest BCUT2D eigenvalue weighted by Gasteiger charge is 2.16. The number of hydrogen-bond donors (Lipinski definition) is 1. The van der Waals surface area contributed by atoms with Crippen LogP contribution in [0.25, 0.3) is 11.0 Å². The molecule has 0 spiro atoms. The van der Waals surface area contributed by atoms with E-state index in [2.05, 4.69) is 0 Å². The summed E-state index contributed by atoms with van der Waals surface area (Å²) >= 11 is 0. The Hall–Kier alpha value is -2.27. The van der Waals surface area contributed by atoms with E-state index in [0.717, 1.165) is 12.1 Å². The number of rotatable bonds is 2. The average molecular weight is 277 g/mol. The molecule has 2 nitrogen and oxygen atoms in total. The van der Waals surface area contributed by atoms with Crippen molar-refractivity contribution in [2.45, 2.75) is 6.04 Å². The van der Waals surface area contributed by atoms with E-state index in [1.165, 1.54) is 24.3 Å². The number of furan rings is 1. The first-order chi connectivity index (χ1) is 9.54. The maximum atomic E-state index is 13.2. The molecule has 0 saturated heterocycles. The molecule has 2 N–H and O–H groups in total. The molecule has 1 aromatic heterocycles. The normalized spacial score (nSPS) is 12.8. The van der Waals surface area contributed by atoms with Crippen LogP contribution in [0, 0.1) is 17.5 Å². The van der Waals surface area contributed by atoms with Crippen LogP contribution in [0.4, 0.5) is 13.2 Å². The third-order valence-electron chi connectivity index (χ3n) is 3.11. The Kier molecular flexibility index (Phi) is 2.99. The minimum absolute atomic E-state index is 0.358. The van der Waals surface area contributed by atoms with E-state index in [9.17, 15) is 13.2 Å². The van der Waals surface area contributed by atoms with Crippen LogP contribution in [0.5, 0.6) is 0 Å². The van der Waals surface area contributed by atoms with Crippen LogP contribution in [0.1, 0.15) is 17.4 Å². The van der Waals surface area contributed by atoms with Crippen LogP contribution in [0.15, 0.2) is 46.9 Å². The van der Waals surface area contributed by atoms with Gasteiger partial charge in [0.1, 0.15) is 17.2 Å². The molecule has 2 aromatic carbocycles. The van der Waals surface area contributed by atoms with Gasteiger partial charge in [0.15, 0.2) is 11.6 Å². The van der Waals surface area contributed by atoms with E-state index in [-0.39, 0.29) is 5.82 Å². The Morgan fingerprint density at radius 2 is 1.70 bits per heavy atom. The van der Waals surface area contributed by atoms with E-state index in [4.69, 9.17) is 10.2 Å². The average Bonchev–Trinajstić information content (AvgIpc) is 2.84. The maximum Gasteiger partial charge on any atom is 0.159 e. The van der Waals surface area contributed by atoms with Crippen LogP contribution >= 0.6 is 0 Å². The predicted octanol–water partition coefficient (Wildman–Crippen LogP) is 3.90. The van der Waals surface area contributed by atoms with Crippen molar-refractivity contribution in [3.8, 4) is 0 Å². The highest BCUT2D eigenvalue weighted by molar-refractivity contribution is 5.78. The lowest BCUT2D eigenvalue weighted by atomic mass is 10.0. The van der Waals surface area contributed by atoms with Crippen LogP contribution in [-0.2, 0) is 0 Å². The lowest BCUT2D eigenvalue weighted by molar-refractivity contribution is 0.499. The first kappa shape index (κ1) is 12.7. The molecule has 3 rings (SSSR count). The first-order valence-corrected chi connectivity index (χ1v) is 5.94. The molecule has 1 heterocycles. The number of nitrogens with two attached hydrogens (primary N) is 1. The van der Waals surface area contributed by atoms with E-state index in [0.29, 0.717) is 22.3 Å². The van der Waals surface area contributed by atoms with Crippen molar-refractivity contribution in [3.63, 3.8) is 0 Å². The number of hydrogen-bond acceptors (Lipinski definition) is 2. The van der Waals surface area contributed by atoms with Gasteiger partial charge >= 0.3 is 0 Å². The van der Waals surface area contributed by atoms with Crippen molar-refractivity contribution in [1.29, 1.82) is 0 Å². The molecular formula is C15H10F3NO. The largest absolute Gasteiger partial charge is 0.459 e. The fourth-order valence-electron chi connectivity index (χ4n) is 2.06. The third kappa shape index (κ3) is 2.16. The van der Waals surface area contributed by atoms with Crippen molar-refractivity contribution < 1.29 is 17.6 Å². The summed E-state index contributed by atoms with van der Waals surface area (Å²) < 4.78 is 44.7. The minimum Gasteiger partial charge on any atom is -0.459 e. The molecule has 0 fully saturated rings. The number of benzene rings is 2. The fourth-order valence-corrected chi connectivity index (χ4v) is 2.06. The summed E-state index contributed by atoms with van der Waals surface area (Å²) in [5, 5.41) is 0.568. The van der Waals surface area contributed by atoms with Crippen molar-refractivity contribution in [1.82, 2.24) is 0 Å². The first-order valence-electron chi connectivity index (χ1n) is 5.94. The van der Waals surface area contributed by atoms with E-state index >= 15 is 0 Å². The third-order valence-corrected chi connectivity index (χ3v) is 3.11. The van der Waals surface area contributed by atoms with Crippen molar-refractivity contribution in [2.24, 2.45) is 5.73 Å². The molecule has 1 atom stereocenters. The Bertz CT molecular complexity index is 782. The lowest BCUT2D eigenvalue weighted by Crippen LogP contribution is -2.11. The summed E-state index contributed by atoms with van der Waals surface area (Å²) in [6, 6.07) is 8.34. The van der Waals surface area contributed by atoms with Gasteiger partial charge in [-0.15, -0.1) is 0 Å². The Balaban J connectivity index is 2.02. The summed E-state index contributed by atoms with van der Waals surface area (Å²) in [6.45, 7) is 0. The smallest absolute Gasteiger partial charge is 0.159 e. The zero-order valence-corrected chi connectivity index (χ0v) is 10.2. The maximum absolute atomic E-state index is 13.2. The molecule has 5 heteroatoms. The molecular weight excluding hydrogens is 267 g/mol. The molecule has 0 aliphatic rings. The fraction of sp³-hybridized carbons (Fsp3) is 0.0667. The van der Waals surface area contributed by atoms with Gasteiger partial charge in [0, 0.05) is 5.39 Å². The van der Waals surface area contributed by atoms with Gasteiger partial charge in [-0.3, -0.25) is 0 Å². The van der Waals surface area contributed by atoms with Gasteiger partial charge in [-0.2, -0.15) is 0 Å². The monoisotopic (exact) mass is 277 g/mol. The molecule has 3 aromatic rings. The van der Waals surface area contributed by atoms with Gasteiger partial charge in [0.2, 0.25) is 0 Å². The van der Waals surface area contributed by atoms with Crippen LogP contribution < -0.4 is 5.73 Å². The van der Waals surface area contributed by atoms with Crippen molar-refractivity contribution >= 4 is 11.0 Å². The minimum atomic E-state index is -0.972. The number of fused-ring (bicyclic) bond motifs is 1. The molecule has 0 amide bonds. The van der Waals surface area contributed by atoms with Gasteiger partial charge in [0.25, 0.3) is 0 Å². The Morgan fingerprint density at radius 3 is 2.45 bits per heavy atom. The summed E-state index contributed by atoms with van der Waals surface area (Å²) in [6.07, 6.45) is 0. The van der Waals surface area contributed by atoms with Crippen LogP contribution in [0.3, 0.4) is 0 Å². The van der Waals surface area contributed by atoms with E-state index in [1.807, 2.05) is 0 Å². The molecule has 102 valence electrons. The molecule has 0 radical (unpaired) electrons. The standard InChI is InChI=1S/C15H10F3NO/c16-10-2-4-13-9(5-10)7-14(20-13)15(19)8-1-3-11(17)12(18)6-8/h1-7,15H,19H2. The summed E-state index contributed by atoms with van der Waals surface area (Å²) in [7, 11) is 0. The zero-order chi connectivity index (χ0) is 14.3. The van der Waals surface area contributed by atoms with E-state index < -0.39 is 17.7 Å². The highest BCUT2D eigenvalue weighted by atomic mass is 19.2.